The first-order valence-corrected chi connectivity index (χ1v) is 9.38. The van der Waals surface area contributed by atoms with Crippen LogP contribution >= 0.6 is 11.8 Å². The number of ether oxygens (including phenoxy) is 1. The maximum absolute atomic E-state index is 6.38. The molecule has 2 aliphatic rings. The Balaban J connectivity index is 1.45. The topological polar surface area (TPSA) is 21.3 Å². The minimum Gasteiger partial charge on any atom is -0.371 e. The average molecular weight is 305 g/mol. The summed E-state index contributed by atoms with van der Waals surface area (Å²) in [5, 5.41) is 3.36. The van der Waals surface area contributed by atoms with Gasteiger partial charge in [0.05, 0.1) is 11.7 Å². The van der Waals surface area contributed by atoms with E-state index in [1.54, 1.807) is 0 Å². The van der Waals surface area contributed by atoms with Crippen molar-refractivity contribution >= 4 is 11.8 Å². The van der Waals surface area contributed by atoms with Crippen LogP contribution in [0.25, 0.3) is 0 Å². The van der Waals surface area contributed by atoms with Crippen molar-refractivity contribution in [3.63, 3.8) is 0 Å². The quantitative estimate of drug-likeness (QED) is 0.788. The van der Waals surface area contributed by atoms with Crippen LogP contribution in [0.1, 0.15) is 51.0 Å². The molecule has 1 aliphatic heterocycles. The normalized spacial score (nSPS) is 24.0. The zero-order chi connectivity index (χ0) is 14.5. The van der Waals surface area contributed by atoms with Gasteiger partial charge in [-0.2, -0.15) is 0 Å². The summed E-state index contributed by atoms with van der Waals surface area (Å²) in [7, 11) is 0. The Morgan fingerprint density at radius 2 is 1.95 bits per heavy atom. The average Bonchev–Trinajstić information content (AvgIpc) is 3.14. The maximum atomic E-state index is 6.38. The van der Waals surface area contributed by atoms with Crippen molar-refractivity contribution in [2.24, 2.45) is 0 Å². The van der Waals surface area contributed by atoms with Crippen molar-refractivity contribution < 1.29 is 4.74 Å². The molecule has 1 aliphatic carbocycles. The highest BCUT2D eigenvalue weighted by Crippen LogP contribution is 2.44. The van der Waals surface area contributed by atoms with E-state index in [0.717, 1.165) is 18.8 Å². The molecule has 3 heteroatoms. The Kier molecular flexibility index (Phi) is 5.25. The van der Waals surface area contributed by atoms with Crippen LogP contribution in [0.3, 0.4) is 0 Å². The summed E-state index contributed by atoms with van der Waals surface area (Å²) in [4.78, 5) is 1.37. The number of benzene rings is 1. The van der Waals surface area contributed by atoms with Crippen molar-refractivity contribution in [2.75, 3.05) is 12.3 Å². The standard InChI is InChI=1S/C18H27NOS/c1-2-19-13-15-5-7-17(8-6-15)21-14-16-9-12-18(20-16)10-3-4-11-18/h5-8,16,19H,2-4,9-14H2,1H3. The summed E-state index contributed by atoms with van der Waals surface area (Å²) in [6.45, 7) is 4.13. The molecule has 0 bridgehead atoms. The highest BCUT2D eigenvalue weighted by molar-refractivity contribution is 7.99. The molecule has 1 heterocycles. The van der Waals surface area contributed by atoms with Gasteiger partial charge in [-0.3, -0.25) is 0 Å². The van der Waals surface area contributed by atoms with Crippen LogP contribution in [-0.4, -0.2) is 24.0 Å². The SMILES string of the molecule is CCNCc1ccc(SCC2CCC3(CCCC3)O2)cc1. The third-order valence-electron chi connectivity index (χ3n) is 4.79. The molecule has 1 N–H and O–H groups in total. The number of hydrogen-bond donors (Lipinski definition) is 1. The first kappa shape index (κ1) is 15.4. The summed E-state index contributed by atoms with van der Waals surface area (Å²) in [6.07, 6.45) is 8.35. The third kappa shape index (κ3) is 4.02. The Labute approximate surface area is 133 Å². The first-order valence-electron chi connectivity index (χ1n) is 8.40. The fraction of sp³-hybridized carbons (Fsp3) is 0.667. The Morgan fingerprint density at radius 1 is 1.19 bits per heavy atom. The van der Waals surface area contributed by atoms with Crippen LogP contribution in [0.2, 0.25) is 0 Å². The van der Waals surface area contributed by atoms with Crippen LogP contribution in [0, 0.1) is 0 Å². The van der Waals surface area contributed by atoms with E-state index < -0.39 is 0 Å². The zero-order valence-corrected chi connectivity index (χ0v) is 13.9. The molecular formula is C18H27NOS. The second kappa shape index (κ2) is 7.17. The minimum atomic E-state index is 0.279. The van der Waals surface area contributed by atoms with Gasteiger partial charge in [-0.05, 0) is 49.9 Å². The highest BCUT2D eigenvalue weighted by Gasteiger charge is 2.41. The van der Waals surface area contributed by atoms with E-state index in [4.69, 9.17) is 4.74 Å². The predicted molar refractivity (Wildman–Crippen MR) is 89.9 cm³/mol. The molecule has 1 saturated carbocycles. The van der Waals surface area contributed by atoms with Gasteiger partial charge in [0.15, 0.2) is 0 Å². The fourth-order valence-electron chi connectivity index (χ4n) is 3.56. The molecule has 1 aromatic rings. The van der Waals surface area contributed by atoms with E-state index in [1.807, 2.05) is 11.8 Å². The summed E-state index contributed by atoms with van der Waals surface area (Å²) in [5.41, 5.74) is 1.64. The molecule has 1 spiro atoms. The molecule has 116 valence electrons. The van der Waals surface area contributed by atoms with Gasteiger partial charge < -0.3 is 10.1 Å². The lowest BCUT2D eigenvalue weighted by atomic mass is 9.98. The second-order valence-corrected chi connectivity index (χ2v) is 7.50. The molecule has 0 radical (unpaired) electrons. The minimum absolute atomic E-state index is 0.279. The van der Waals surface area contributed by atoms with Gasteiger partial charge in [0.1, 0.15) is 0 Å². The zero-order valence-electron chi connectivity index (χ0n) is 13.1. The highest BCUT2D eigenvalue weighted by atomic mass is 32.2. The summed E-state index contributed by atoms with van der Waals surface area (Å²) < 4.78 is 6.38. The smallest absolute Gasteiger partial charge is 0.0687 e. The van der Waals surface area contributed by atoms with Crippen molar-refractivity contribution in [3.8, 4) is 0 Å². The third-order valence-corrected chi connectivity index (χ3v) is 5.94. The second-order valence-electron chi connectivity index (χ2n) is 6.40. The van der Waals surface area contributed by atoms with E-state index in [0.29, 0.717) is 6.10 Å². The summed E-state index contributed by atoms with van der Waals surface area (Å²) >= 11 is 1.95. The fourth-order valence-corrected chi connectivity index (χ4v) is 4.50. The molecule has 2 nitrogen and oxygen atoms in total. The van der Waals surface area contributed by atoms with E-state index in [1.165, 1.54) is 49.0 Å². The summed E-state index contributed by atoms with van der Waals surface area (Å²) in [6, 6.07) is 8.97. The Hall–Kier alpha value is -0.510. The Morgan fingerprint density at radius 3 is 2.67 bits per heavy atom. The van der Waals surface area contributed by atoms with Crippen LogP contribution in [0.15, 0.2) is 29.2 Å². The molecule has 3 rings (SSSR count). The van der Waals surface area contributed by atoms with Crippen LogP contribution < -0.4 is 5.32 Å². The Bertz CT molecular complexity index is 439. The van der Waals surface area contributed by atoms with E-state index in [9.17, 15) is 0 Å². The number of rotatable bonds is 6. The van der Waals surface area contributed by atoms with Crippen molar-refractivity contribution in [1.82, 2.24) is 5.32 Å². The van der Waals surface area contributed by atoms with Crippen molar-refractivity contribution in [3.05, 3.63) is 29.8 Å². The van der Waals surface area contributed by atoms with Crippen LogP contribution in [-0.2, 0) is 11.3 Å². The molecule has 0 amide bonds. The van der Waals surface area contributed by atoms with Crippen LogP contribution in [0.4, 0.5) is 0 Å². The van der Waals surface area contributed by atoms with Gasteiger partial charge in [-0.25, -0.2) is 0 Å². The molecule has 0 aromatic heterocycles. The largest absolute Gasteiger partial charge is 0.371 e. The molecule has 1 atom stereocenters. The lowest BCUT2D eigenvalue weighted by molar-refractivity contribution is -0.0267. The molecule has 1 unspecified atom stereocenters. The van der Waals surface area contributed by atoms with Gasteiger partial charge in [-0.15, -0.1) is 11.8 Å². The van der Waals surface area contributed by atoms with Crippen molar-refractivity contribution in [2.45, 2.75) is 68.6 Å². The van der Waals surface area contributed by atoms with Gasteiger partial charge in [0.2, 0.25) is 0 Å². The van der Waals surface area contributed by atoms with E-state index in [-0.39, 0.29) is 5.60 Å². The van der Waals surface area contributed by atoms with Crippen LogP contribution in [0.5, 0.6) is 0 Å². The van der Waals surface area contributed by atoms with Gasteiger partial charge in [-0.1, -0.05) is 31.9 Å². The monoisotopic (exact) mass is 305 g/mol. The van der Waals surface area contributed by atoms with Crippen molar-refractivity contribution in [1.29, 1.82) is 0 Å². The number of thioether (sulfide) groups is 1. The first-order chi connectivity index (χ1) is 10.3. The molecule has 2 fully saturated rings. The molecular weight excluding hydrogens is 278 g/mol. The molecule has 1 saturated heterocycles. The van der Waals surface area contributed by atoms with Gasteiger partial charge in [0, 0.05) is 17.2 Å². The number of nitrogens with one attached hydrogen (secondary N) is 1. The van der Waals surface area contributed by atoms with E-state index >= 15 is 0 Å². The molecule has 1 aromatic carbocycles. The summed E-state index contributed by atoms with van der Waals surface area (Å²) in [5.74, 6) is 1.11. The lowest BCUT2D eigenvalue weighted by Crippen LogP contribution is -2.25. The maximum Gasteiger partial charge on any atom is 0.0687 e. The van der Waals surface area contributed by atoms with Gasteiger partial charge in [0.25, 0.3) is 0 Å². The predicted octanol–water partition coefficient (Wildman–Crippen LogP) is 4.38. The number of hydrogen-bond acceptors (Lipinski definition) is 3. The van der Waals surface area contributed by atoms with E-state index in [2.05, 4.69) is 36.5 Å². The lowest BCUT2D eigenvalue weighted by Gasteiger charge is -2.23. The molecule has 21 heavy (non-hydrogen) atoms. The van der Waals surface area contributed by atoms with Gasteiger partial charge >= 0.3 is 0 Å².